The molecule has 5 heteroatoms. The molecule has 25 heavy (non-hydrogen) atoms. The number of hydrogen-bond acceptors (Lipinski definition) is 3. The molecular weight excluding hydrogens is 314 g/mol. The van der Waals surface area contributed by atoms with Gasteiger partial charge < -0.3 is 14.7 Å². The lowest BCUT2D eigenvalue weighted by atomic mass is 10.1. The molecule has 3 rings (SSSR count). The Morgan fingerprint density at radius 3 is 2.76 bits per heavy atom. The number of nitrogens with zero attached hydrogens (tertiary/aromatic N) is 1. The van der Waals surface area contributed by atoms with Crippen molar-refractivity contribution >= 4 is 5.82 Å². The van der Waals surface area contributed by atoms with Crippen molar-refractivity contribution in [2.24, 2.45) is 0 Å². The average molecular weight is 341 g/mol. The van der Waals surface area contributed by atoms with Crippen molar-refractivity contribution < 1.29 is 19.7 Å². The Morgan fingerprint density at radius 2 is 2.12 bits per heavy atom. The molecule has 0 unspecified atom stereocenters. The predicted octanol–water partition coefficient (Wildman–Crippen LogP) is 0.848. The van der Waals surface area contributed by atoms with Crippen LogP contribution in [0.3, 0.4) is 0 Å². The van der Waals surface area contributed by atoms with E-state index in [0.29, 0.717) is 5.75 Å². The number of piperazine rings is 1. The number of ether oxygens (including phenoxy) is 1. The minimum Gasteiger partial charge on any atom is -0.504 e. The number of anilines is 1. The lowest BCUT2D eigenvalue weighted by molar-refractivity contribution is -0.914. The van der Waals surface area contributed by atoms with Gasteiger partial charge in [-0.05, 0) is 30.2 Å². The molecule has 0 atom stereocenters. The molecular formula is C20H27N3O2+2. The third-order valence-electron chi connectivity index (χ3n) is 4.76. The summed E-state index contributed by atoms with van der Waals surface area (Å²) in [4.78, 5) is 7.14. The van der Waals surface area contributed by atoms with E-state index in [4.69, 9.17) is 4.74 Å². The maximum atomic E-state index is 10.5. The minimum atomic E-state index is 0.265. The third-order valence-corrected chi connectivity index (χ3v) is 4.76. The van der Waals surface area contributed by atoms with Crippen molar-refractivity contribution in [1.29, 1.82) is 0 Å². The van der Waals surface area contributed by atoms with E-state index >= 15 is 0 Å². The monoisotopic (exact) mass is 341 g/mol. The first-order valence-corrected chi connectivity index (χ1v) is 8.76. The summed E-state index contributed by atoms with van der Waals surface area (Å²) in [5.74, 6) is 1.98. The Hall–Kier alpha value is -2.53. The lowest BCUT2D eigenvalue weighted by Gasteiger charge is -2.28. The number of benzene rings is 1. The highest BCUT2D eigenvalue weighted by Gasteiger charge is 2.27. The first-order valence-electron chi connectivity index (χ1n) is 8.76. The number of methoxy groups -OCH3 is 1. The van der Waals surface area contributed by atoms with E-state index in [9.17, 15) is 5.11 Å². The number of allylic oxidation sites excluding steroid dienone is 1. The molecule has 132 valence electrons. The molecule has 0 saturated carbocycles. The van der Waals surface area contributed by atoms with Crippen molar-refractivity contribution in [3.8, 4) is 11.5 Å². The molecule has 1 aromatic heterocycles. The van der Waals surface area contributed by atoms with Crippen LogP contribution in [0.4, 0.5) is 5.82 Å². The number of aromatic hydroxyl groups is 1. The van der Waals surface area contributed by atoms with E-state index in [1.54, 1.807) is 7.11 Å². The van der Waals surface area contributed by atoms with Crippen molar-refractivity contribution in [3.05, 3.63) is 60.3 Å². The van der Waals surface area contributed by atoms with Crippen LogP contribution < -0.4 is 19.5 Å². The number of nitrogens with one attached hydrogen (secondary N) is 2. The fourth-order valence-electron chi connectivity index (χ4n) is 3.39. The normalized spacial score (nSPS) is 15.2. The van der Waals surface area contributed by atoms with Gasteiger partial charge in [-0.3, -0.25) is 4.90 Å². The van der Waals surface area contributed by atoms with Gasteiger partial charge in [-0.15, -0.1) is 6.58 Å². The molecule has 1 saturated heterocycles. The number of pyridine rings is 1. The Kier molecular flexibility index (Phi) is 5.56. The number of H-pyrrole nitrogens is 1. The van der Waals surface area contributed by atoms with Gasteiger partial charge in [0.25, 0.3) is 5.82 Å². The van der Waals surface area contributed by atoms with Crippen molar-refractivity contribution in [1.82, 2.24) is 0 Å². The Morgan fingerprint density at radius 1 is 1.32 bits per heavy atom. The number of aromatic nitrogens is 1. The SMILES string of the molecule is C=CCc1cc(C[NH+]2CCN(c3cccc[nH+]3)CC2)c(O)c(OC)c1. The summed E-state index contributed by atoms with van der Waals surface area (Å²) in [7, 11) is 1.60. The number of hydrogen-bond donors (Lipinski definition) is 2. The van der Waals surface area contributed by atoms with Gasteiger partial charge in [0, 0.05) is 6.07 Å². The van der Waals surface area contributed by atoms with Crippen molar-refractivity contribution in [2.75, 3.05) is 38.2 Å². The maximum absolute atomic E-state index is 10.5. The standard InChI is InChI=1S/C20H25N3O2/c1-3-6-16-13-17(20(24)18(14-16)25-2)15-22-9-11-23(12-10-22)19-7-4-5-8-21-19/h3-5,7-8,13-14,24H,1,6,9-12,15H2,2H3/p+2. The molecule has 2 aromatic rings. The Balaban J connectivity index is 1.67. The van der Waals surface area contributed by atoms with Crippen LogP contribution in [0.25, 0.3) is 0 Å². The quantitative estimate of drug-likeness (QED) is 0.766. The van der Waals surface area contributed by atoms with Crippen molar-refractivity contribution in [2.45, 2.75) is 13.0 Å². The third kappa shape index (κ3) is 4.12. The summed E-state index contributed by atoms with van der Waals surface area (Å²) in [6, 6.07) is 10.1. The fourth-order valence-corrected chi connectivity index (χ4v) is 3.39. The first kappa shape index (κ1) is 17.3. The van der Waals surface area contributed by atoms with E-state index in [-0.39, 0.29) is 5.75 Å². The molecule has 1 aromatic carbocycles. The van der Waals surface area contributed by atoms with Crippen LogP contribution in [0.5, 0.6) is 11.5 Å². The minimum absolute atomic E-state index is 0.265. The Labute approximate surface area is 149 Å². The molecule has 0 radical (unpaired) electrons. The topological polar surface area (TPSA) is 51.3 Å². The van der Waals surface area contributed by atoms with E-state index < -0.39 is 0 Å². The van der Waals surface area contributed by atoms with Gasteiger partial charge in [0.2, 0.25) is 0 Å². The van der Waals surface area contributed by atoms with E-state index in [0.717, 1.165) is 50.3 Å². The van der Waals surface area contributed by atoms with Crippen LogP contribution in [0.1, 0.15) is 11.1 Å². The summed E-state index contributed by atoms with van der Waals surface area (Å²) in [5, 5.41) is 10.5. The number of rotatable bonds is 6. The predicted molar refractivity (Wildman–Crippen MR) is 98.2 cm³/mol. The largest absolute Gasteiger partial charge is 0.504 e. The highest BCUT2D eigenvalue weighted by molar-refractivity contribution is 5.48. The zero-order valence-electron chi connectivity index (χ0n) is 14.8. The van der Waals surface area contributed by atoms with E-state index in [2.05, 4.69) is 34.7 Å². The van der Waals surface area contributed by atoms with Crippen LogP contribution >= 0.6 is 0 Å². The molecule has 0 aliphatic carbocycles. The molecule has 0 amide bonds. The lowest BCUT2D eigenvalue weighted by Crippen LogP contribution is -3.13. The zero-order chi connectivity index (χ0) is 17.6. The number of quaternary nitrogens is 1. The van der Waals surface area contributed by atoms with Crippen LogP contribution in [-0.4, -0.2) is 38.4 Å². The molecule has 5 nitrogen and oxygen atoms in total. The van der Waals surface area contributed by atoms with Crippen LogP contribution in [0, 0.1) is 0 Å². The number of phenols is 1. The molecule has 0 bridgehead atoms. The first-order chi connectivity index (χ1) is 12.2. The van der Waals surface area contributed by atoms with Crippen molar-refractivity contribution in [3.63, 3.8) is 0 Å². The second kappa shape index (κ2) is 8.03. The Bertz CT molecular complexity index is 710. The second-order valence-electron chi connectivity index (χ2n) is 6.46. The molecule has 1 aliphatic rings. The number of phenolic OH excluding ortho intramolecular Hbond substituents is 1. The molecule has 3 N–H and O–H groups in total. The molecule has 1 aliphatic heterocycles. The number of aromatic amines is 1. The van der Waals surface area contributed by atoms with Gasteiger partial charge in [0.15, 0.2) is 11.5 Å². The van der Waals surface area contributed by atoms with Crippen LogP contribution in [-0.2, 0) is 13.0 Å². The summed E-state index contributed by atoms with van der Waals surface area (Å²) >= 11 is 0. The van der Waals surface area contributed by atoms with Crippen LogP contribution in [0.2, 0.25) is 0 Å². The summed E-state index contributed by atoms with van der Waals surface area (Å²) in [6.45, 7) is 8.68. The van der Waals surface area contributed by atoms with Gasteiger partial charge in [-0.25, -0.2) is 4.98 Å². The molecule has 0 spiro atoms. The highest BCUT2D eigenvalue weighted by Crippen LogP contribution is 2.31. The summed E-state index contributed by atoms with van der Waals surface area (Å²) in [6.07, 6.45) is 4.61. The maximum Gasteiger partial charge on any atom is 0.274 e. The molecule has 1 fully saturated rings. The highest BCUT2D eigenvalue weighted by atomic mass is 16.5. The zero-order valence-corrected chi connectivity index (χ0v) is 14.8. The van der Waals surface area contributed by atoms with E-state index in [1.807, 2.05) is 24.4 Å². The fraction of sp³-hybridized carbons (Fsp3) is 0.350. The second-order valence-corrected chi connectivity index (χ2v) is 6.46. The van der Waals surface area contributed by atoms with Gasteiger partial charge in [-0.1, -0.05) is 12.1 Å². The smallest absolute Gasteiger partial charge is 0.274 e. The molecule has 2 heterocycles. The van der Waals surface area contributed by atoms with Gasteiger partial charge >= 0.3 is 0 Å². The van der Waals surface area contributed by atoms with E-state index in [1.165, 1.54) is 10.7 Å². The summed E-state index contributed by atoms with van der Waals surface area (Å²) < 4.78 is 5.33. The van der Waals surface area contributed by atoms with Gasteiger partial charge in [0.05, 0.1) is 18.9 Å². The van der Waals surface area contributed by atoms with Gasteiger partial charge in [-0.2, -0.15) is 0 Å². The average Bonchev–Trinajstić information content (AvgIpc) is 2.66. The van der Waals surface area contributed by atoms with Crippen LogP contribution in [0.15, 0.2) is 49.2 Å². The van der Waals surface area contributed by atoms with Gasteiger partial charge in [0.1, 0.15) is 32.7 Å². The summed E-state index contributed by atoms with van der Waals surface area (Å²) in [5.41, 5.74) is 2.07.